The van der Waals surface area contributed by atoms with Gasteiger partial charge in [-0.25, -0.2) is 10.2 Å². The summed E-state index contributed by atoms with van der Waals surface area (Å²) in [6.07, 6.45) is 0. The number of nitrogens with one attached hydrogen (secondary N) is 2. The minimum atomic E-state index is -0.479. The number of anilines is 1. The Morgan fingerprint density at radius 2 is 1.95 bits per heavy atom. The van der Waals surface area contributed by atoms with E-state index in [0.717, 1.165) is 9.38 Å². The van der Waals surface area contributed by atoms with Crippen LogP contribution in [0.1, 0.15) is 5.56 Å². The molecule has 3 aromatic rings. The number of para-hydroxylation sites is 1. The van der Waals surface area contributed by atoms with Crippen LogP contribution in [-0.4, -0.2) is 21.1 Å². The Bertz CT molecular complexity index is 898. The normalized spacial score (nSPS) is 10.2. The molecule has 1 aromatic heterocycles. The van der Waals surface area contributed by atoms with Crippen molar-refractivity contribution in [2.45, 2.75) is 0 Å². The highest BCUT2D eigenvalue weighted by molar-refractivity contribution is 9.10. The summed E-state index contributed by atoms with van der Waals surface area (Å²) in [5.41, 5.74) is 4.71. The van der Waals surface area contributed by atoms with Gasteiger partial charge in [0.15, 0.2) is 0 Å². The van der Waals surface area contributed by atoms with Gasteiger partial charge in [-0.3, -0.25) is 0 Å². The van der Waals surface area contributed by atoms with Crippen LogP contribution in [0.3, 0.4) is 0 Å². The Balaban J connectivity index is 1.77. The zero-order chi connectivity index (χ0) is 15.5. The summed E-state index contributed by atoms with van der Waals surface area (Å²) >= 11 is 3.34. The molecule has 0 radical (unpaired) electrons. The smallest absolute Gasteiger partial charge is 0.305 e. The molecule has 2 amide bonds. The second-order valence-corrected chi connectivity index (χ2v) is 5.20. The topological polar surface area (TPSA) is 95.6 Å². The van der Waals surface area contributed by atoms with Crippen LogP contribution in [0.5, 0.6) is 0 Å². The van der Waals surface area contributed by atoms with Crippen LogP contribution < -0.4 is 10.7 Å². The van der Waals surface area contributed by atoms with Crippen molar-refractivity contribution in [3.8, 4) is 6.07 Å². The van der Waals surface area contributed by atoms with Gasteiger partial charge in [-0.15, -0.1) is 10.2 Å². The summed E-state index contributed by atoms with van der Waals surface area (Å²) in [7, 11) is 0. The molecule has 0 unspecified atom stereocenters. The number of fused-ring (bicyclic) bond motifs is 1. The lowest BCUT2D eigenvalue weighted by Gasteiger charge is -2.07. The largest absolute Gasteiger partial charge is 0.340 e. The Morgan fingerprint density at radius 3 is 2.73 bits per heavy atom. The van der Waals surface area contributed by atoms with Crippen LogP contribution in [0.2, 0.25) is 0 Å². The summed E-state index contributed by atoms with van der Waals surface area (Å²) in [5.74, 6) is 0. The summed E-state index contributed by atoms with van der Waals surface area (Å²) < 4.78 is 0.766. The zero-order valence-corrected chi connectivity index (χ0v) is 12.7. The Hall–Kier alpha value is -2.92. The molecule has 0 fully saturated rings. The molecule has 2 N–H and O–H groups in total. The van der Waals surface area contributed by atoms with E-state index in [1.807, 2.05) is 24.3 Å². The van der Waals surface area contributed by atoms with Crippen LogP contribution in [-0.2, 0) is 0 Å². The number of carbonyl (C=O) groups excluding carboxylic acids is 1. The van der Waals surface area contributed by atoms with Gasteiger partial charge in [0.25, 0.3) is 0 Å². The van der Waals surface area contributed by atoms with Crippen molar-refractivity contribution in [1.29, 1.82) is 5.26 Å². The monoisotopic (exact) mass is 356 g/mol. The lowest BCUT2D eigenvalue weighted by molar-refractivity contribution is 0.258. The summed E-state index contributed by atoms with van der Waals surface area (Å²) in [6, 6.07) is 13.7. The van der Waals surface area contributed by atoms with Crippen molar-refractivity contribution in [3.05, 3.63) is 52.5 Å². The molecule has 0 atom stereocenters. The zero-order valence-electron chi connectivity index (χ0n) is 11.1. The number of nitriles is 1. The molecule has 7 nitrogen and oxygen atoms in total. The summed E-state index contributed by atoms with van der Waals surface area (Å²) in [4.78, 5) is 13.0. The first-order valence-corrected chi connectivity index (χ1v) is 7.05. The molecule has 0 saturated heterocycles. The number of amides is 2. The van der Waals surface area contributed by atoms with Crippen LogP contribution in [0.4, 0.5) is 10.5 Å². The number of carbonyl (C=O) groups is 1. The molecule has 22 heavy (non-hydrogen) atoms. The molecule has 0 aliphatic carbocycles. The fourth-order valence-electron chi connectivity index (χ4n) is 1.84. The number of aromatic nitrogens is 3. The molecule has 3 rings (SSSR count). The molecule has 1 heterocycles. The van der Waals surface area contributed by atoms with E-state index in [2.05, 4.69) is 36.9 Å². The van der Waals surface area contributed by atoms with E-state index in [4.69, 9.17) is 5.26 Å². The molecule has 0 spiro atoms. The van der Waals surface area contributed by atoms with Crippen LogP contribution in [0, 0.1) is 11.3 Å². The molecular formula is C14H9BrN6O. The number of halogens is 1. The fraction of sp³-hybridized carbons (Fsp3) is 0. The Kier molecular flexibility index (Phi) is 3.72. The van der Waals surface area contributed by atoms with E-state index in [-0.39, 0.29) is 0 Å². The molecular weight excluding hydrogens is 348 g/mol. The molecule has 2 aromatic carbocycles. The minimum Gasteiger partial charge on any atom is -0.305 e. The first kappa shape index (κ1) is 14.0. The van der Waals surface area contributed by atoms with Crippen LogP contribution >= 0.6 is 15.9 Å². The van der Waals surface area contributed by atoms with Crippen LogP contribution in [0.15, 0.2) is 46.9 Å². The third-order valence-electron chi connectivity index (χ3n) is 2.83. The number of nitrogens with zero attached hydrogens (tertiary/aromatic N) is 4. The van der Waals surface area contributed by atoms with Crippen molar-refractivity contribution in [1.82, 2.24) is 15.1 Å². The van der Waals surface area contributed by atoms with Gasteiger partial charge < -0.3 is 5.32 Å². The van der Waals surface area contributed by atoms with E-state index in [9.17, 15) is 4.79 Å². The molecule has 108 valence electrons. The second kappa shape index (κ2) is 5.83. The lowest BCUT2D eigenvalue weighted by atomic mass is 10.2. The van der Waals surface area contributed by atoms with Gasteiger partial charge in [-0.1, -0.05) is 17.0 Å². The summed E-state index contributed by atoms with van der Waals surface area (Å²) in [5, 5.41) is 19.7. The third kappa shape index (κ3) is 2.89. The highest BCUT2D eigenvalue weighted by atomic mass is 79.9. The fourth-order valence-corrected chi connectivity index (χ4v) is 2.22. The maximum atomic E-state index is 11.9. The van der Waals surface area contributed by atoms with E-state index >= 15 is 0 Å². The Morgan fingerprint density at radius 1 is 1.18 bits per heavy atom. The Labute approximate surface area is 133 Å². The van der Waals surface area contributed by atoms with Crippen molar-refractivity contribution in [3.63, 3.8) is 0 Å². The van der Waals surface area contributed by atoms with Gasteiger partial charge in [-0.05, 0) is 46.3 Å². The highest BCUT2D eigenvalue weighted by Gasteiger charge is 2.08. The quantitative estimate of drug-likeness (QED) is 0.737. The van der Waals surface area contributed by atoms with Crippen LogP contribution in [0.25, 0.3) is 11.0 Å². The van der Waals surface area contributed by atoms with Crippen molar-refractivity contribution in [2.24, 2.45) is 0 Å². The van der Waals surface area contributed by atoms with Crippen molar-refractivity contribution in [2.75, 3.05) is 10.7 Å². The predicted octanol–water partition coefficient (Wildman–Crippen LogP) is 2.84. The molecule has 0 saturated carbocycles. The number of urea groups is 1. The predicted molar refractivity (Wildman–Crippen MR) is 84.8 cm³/mol. The van der Waals surface area contributed by atoms with E-state index in [0.29, 0.717) is 22.3 Å². The van der Waals surface area contributed by atoms with Crippen molar-refractivity contribution >= 4 is 38.7 Å². The van der Waals surface area contributed by atoms with Crippen molar-refractivity contribution < 1.29 is 4.79 Å². The van der Waals surface area contributed by atoms with E-state index in [1.54, 1.807) is 24.3 Å². The number of hydrogen-bond donors (Lipinski definition) is 2. The van der Waals surface area contributed by atoms with Gasteiger partial charge in [-0.2, -0.15) is 5.26 Å². The average molecular weight is 357 g/mol. The number of hydrogen-bond acceptors (Lipinski definition) is 4. The highest BCUT2D eigenvalue weighted by Crippen LogP contribution is 2.20. The second-order valence-electron chi connectivity index (χ2n) is 4.35. The van der Waals surface area contributed by atoms with Gasteiger partial charge in [0.05, 0.1) is 17.3 Å². The number of benzene rings is 2. The van der Waals surface area contributed by atoms with Gasteiger partial charge in [0.2, 0.25) is 0 Å². The third-order valence-corrected chi connectivity index (χ3v) is 3.52. The molecule has 0 bridgehead atoms. The maximum Gasteiger partial charge on any atom is 0.340 e. The van der Waals surface area contributed by atoms with E-state index < -0.39 is 6.03 Å². The molecule has 8 heteroatoms. The van der Waals surface area contributed by atoms with Gasteiger partial charge in [0.1, 0.15) is 11.0 Å². The lowest BCUT2D eigenvalue weighted by Crippen LogP contribution is -2.29. The van der Waals surface area contributed by atoms with E-state index in [1.165, 1.54) is 0 Å². The first-order chi connectivity index (χ1) is 10.7. The standard InChI is InChI=1S/C14H9BrN6O/c15-10-3-1-2-4-11(10)17-14(22)20-21-18-12-6-5-9(8-16)7-13(12)19-21/h1-7H,(H2,17,20,22). The van der Waals surface area contributed by atoms with Gasteiger partial charge in [0, 0.05) is 4.47 Å². The molecule has 0 aliphatic rings. The SMILES string of the molecule is N#Cc1ccc2nn(NC(=O)Nc3ccccc3Br)nc2c1. The minimum absolute atomic E-state index is 0.479. The molecule has 0 aliphatic heterocycles. The van der Waals surface area contributed by atoms with Gasteiger partial charge >= 0.3 is 6.03 Å². The first-order valence-electron chi connectivity index (χ1n) is 6.25. The summed E-state index contributed by atoms with van der Waals surface area (Å²) in [6.45, 7) is 0. The maximum absolute atomic E-state index is 11.9. The number of rotatable bonds is 2. The average Bonchev–Trinajstić information content (AvgIpc) is 2.90.